The lowest BCUT2D eigenvalue weighted by molar-refractivity contribution is -0.114. The summed E-state index contributed by atoms with van der Waals surface area (Å²) < 4.78 is 22.3. The van der Waals surface area contributed by atoms with Gasteiger partial charge in [-0.3, -0.25) is 4.79 Å². The Kier molecular flexibility index (Phi) is 5.20. The minimum atomic E-state index is -3.03. The van der Waals surface area contributed by atoms with Crippen molar-refractivity contribution in [3.05, 3.63) is 23.2 Å². The Bertz CT molecular complexity index is 572. The Morgan fingerprint density at radius 3 is 2.53 bits per heavy atom. The number of nitrogens with one attached hydrogen (secondary N) is 2. The molecule has 1 rings (SSSR count). The van der Waals surface area contributed by atoms with Crippen molar-refractivity contribution in [2.45, 2.75) is 19.9 Å². The molecule has 1 unspecified atom stereocenters. The van der Waals surface area contributed by atoms with Crippen LogP contribution in [-0.2, 0) is 14.6 Å². The van der Waals surface area contributed by atoms with Gasteiger partial charge in [0.2, 0.25) is 5.91 Å². The Morgan fingerprint density at radius 1 is 1.42 bits per heavy atom. The zero-order valence-corrected chi connectivity index (χ0v) is 12.6. The maximum absolute atomic E-state index is 11.2. The average Bonchev–Trinajstić information content (AvgIpc) is 2.18. The summed E-state index contributed by atoms with van der Waals surface area (Å²) in [5.41, 5.74) is 1.23. The van der Waals surface area contributed by atoms with E-state index in [1.807, 2.05) is 0 Å². The van der Waals surface area contributed by atoms with Gasteiger partial charge in [-0.15, -0.1) is 0 Å². The monoisotopic (exact) mass is 304 g/mol. The van der Waals surface area contributed by atoms with Gasteiger partial charge in [0.05, 0.1) is 16.5 Å². The highest BCUT2D eigenvalue weighted by molar-refractivity contribution is 7.90. The van der Waals surface area contributed by atoms with Crippen LogP contribution in [0.1, 0.15) is 13.8 Å². The molecular formula is C12H17ClN2O3S. The number of benzene rings is 1. The van der Waals surface area contributed by atoms with Crippen LogP contribution in [0, 0.1) is 0 Å². The second-order valence-corrected chi connectivity index (χ2v) is 7.11. The van der Waals surface area contributed by atoms with Gasteiger partial charge in [-0.2, -0.15) is 0 Å². The van der Waals surface area contributed by atoms with Gasteiger partial charge in [0.1, 0.15) is 9.84 Å². The molecule has 19 heavy (non-hydrogen) atoms. The Labute approximate surface area is 118 Å². The van der Waals surface area contributed by atoms with Crippen LogP contribution in [0.3, 0.4) is 0 Å². The summed E-state index contributed by atoms with van der Waals surface area (Å²) >= 11 is 6.02. The second kappa shape index (κ2) is 6.25. The number of rotatable bonds is 5. The fraction of sp³-hybridized carbons (Fsp3) is 0.417. The van der Waals surface area contributed by atoms with Crippen molar-refractivity contribution in [3.8, 4) is 0 Å². The van der Waals surface area contributed by atoms with Gasteiger partial charge in [0.25, 0.3) is 0 Å². The summed E-state index contributed by atoms with van der Waals surface area (Å²) in [4.78, 5) is 10.9. The first kappa shape index (κ1) is 15.8. The molecular weight excluding hydrogens is 288 g/mol. The molecule has 5 nitrogen and oxygen atoms in total. The number of amides is 1. The van der Waals surface area contributed by atoms with E-state index in [9.17, 15) is 13.2 Å². The highest BCUT2D eigenvalue weighted by atomic mass is 35.5. The lowest BCUT2D eigenvalue weighted by atomic mass is 10.2. The first-order valence-electron chi connectivity index (χ1n) is 5.69. The van der Waals surface area contributed by atoms with Crippen molar-refractivity contribution in [2.75, 3.05) is 22.6 Å². The molecule has 0 fully saturated rings. The average molecular weight is 305 g/mol. The fourth-order valence-electron chi connectivity index (χ4n) is 1.68. The van der Waals surface area contributed by atoms with Gasteiger partial charge in [-0.05, 0) is 25.1 Å². The van der Waals surface area contributed by atoms with Crippen LogP contribution in [0.2, 0.25) is 5.02 Å². The zero-order chi connectivity index (χ0) is 14.6. The van der Waals surface area contributed by atoms with E-state index in [0.717, 1.165) is 0 Å². The smallest absolute Gasteiger partial charge is 0.221 e. The van der Waals surface area contributed by atoms with Gasteiger partial charge in [-0.1, -0.05) is 11.6 Å². The lowest BCUT2D eigenvalue weighted by Gasteiger charge is -2.15. The summed E-state index contributed by atoms with van der Waals surface area (Å²) in [5.74, 6) is -0.161. The largest absolute Gasteiger partial charge is 0.382 e. The number of hydrogen-bond donors (Lipinski definition) is 2. The third-order valence-corrected chi connectivity index (χ3v) is 3.66. The maximum atomic E-state index is 11.2. The lowest BCUT2D eigenvalue weighted by Crippen LogP contribution is -2.24. The molecule has 0 aliphatic rings. The number of hydrogen-bond acceptors (Lipinski definition) is 4. The van der Waals surface area contributed by atoms with E-state index in [1.54, 1.807) is 25.1 Å². The summed E-state index contributed by atoms with van der Waals surface area (Å²) in [6.45, 7) is 3.17. The fourth-order valence-corrected chi connectivity index (χ4v) is 2.90. The predicted octanol–water partition coefficient (Wildman–Crippen LogP) is 2.14. The Balaban J connectivity index is 2.76. The van der Waals surface area contributed by atoms with E-state index in [4.69, 9.17) is 11.6 Å². The minimum Gasteiger partial charge on any atom is -0.382 e. The maximum Gasteiger partial charge on any atom is 0.221 e. The van der Waals surface area contributed by atoms with Crippen LogP contribution in [0.15, 0.2) is 18.2 Å². The van der Waals surface area contributed by atoms with Crippen molar-refractivity contribution in [1.29, 1.82) is 0 Å². The summed E-state index contributed by atoms with van der Waals surface area (Å²) in [6.07, 6.45) is 1.19. The van der Waals surface area contributed by atoms with E-state index in [0.29, 0.717) is 16.4 Å². The quantitative estimate of drug-likeness (QED) is 0.874. The van der Waals surface area contributed by atoms with E-state index < -0.39 is 9.84 Å². The molecule has 0 radical (unpaired) electrons. The van der Waals surface area contributed by atoms with Crippen LogP contribution in [0.25, 0.3) is 0 Å². The molecule has 0 bridgehead atoms. The van der Waals surface area contributed by atoms with Crippen molar-refractivity contribution in [1.82, 2.24) is 0 Å². The number of halogens is 1. The van der Waals surface area contributed by atoms with Crippen LogP contribution in [-0.4, -0.2) is 32.4 Å². The molecule has 1 aromatic rings. The van der Waals surface area contributed by atoms with Crippen LogP contribution in [0.4, 0.5) is 11.4 Å². The molecule has 1 aromatic carbocycles. The highest BCUT2D eigenvalue weighted by Gasteiger charge is 2.11. The summed E-state index contributed by atoms with van der Waals surface area (Å²) in [6, 6.07) is 4.82. The number of sulfone groups is 1. The molecule has 106 valence electrons. The SMILES string of the molecule is CC(=O)Nc1ccc(NC(C)CS(C)(=O)=O)cc1Cl. The standard InChI is InChI=1S/C12H17ClN2O3S/c1-8(7-19(3,17)18)14-10-4-5-12(11(13)6-10)15-9(2)16/h4-6,8,14H,7H2,1-3H3,(H,15,16). The van der Waals surface area contributed by atoms with E-state index in [2.05, 4.69) is 10.6 Å². The molecule has 0 saturated heterocycles. The van der Waals surface area contributed by atoms with Crippen LogP contribution >= 0.6 is 11.6 Å². The van der Waals surface area contributed by atoms with Gasteiger partial charge < -0.3 is 10.6 Å². The minimum absolute atomic E-state index is 0.0397. The van der Waals surface area contributed by atoms with Crippen LogP contribution in [0.5, 0.6) is 0 Å². The third kappa shape index (κ3) is 5.94. The zero-order valence-electron chi connectivity index (χ0n) is 11.0. The van der Waals surface area contributed by atoms with Gasteiger partial charge in [-0.25, -0.2) is 8.42 Å². The van der Waals surface area contributed by atoms with Crippen molar-refractivity contribution in [2.24, 2.45) is 0 Å². The van der Waals surface area contributed by atoms with E-state index in [-0.39, 0.29) is 17.7 Å². The van der Waals surface area contributed by atoms with Crippen molar-refractivity contribution < 1.29 is 13.2 Å². The number of carbonyl (C=O) groups is 1. The topological polar surface area (TPSA) is 75.3 Å². The second-order valence-electron chi connectivity index (χ2n) is 4.51. The van der Waals surface area contributed by atoms with Crippen molar-refractivity contribution >= 4 is 38.7 Å². The van der Waals surface area contributed by atoms with E-state index in [1.165, 1.54) is 13.2 Å². The predicted molar refractivity (Wildman–Crippen MR) is 78.6 cm³/mol. The molecule has 0 spiro atoms. The molecule has 7 heteroatoms. The molecule has 1 atom stereocenters. The molecule has 0 aliphatic carbocycles. The molecule has 0 aliphatic heterocycles. The Hall–Kier alpha value is -1.27. The summed E-state index contributed by atoms with van der Waals surface area (Å²) in [7, 11) is -3.03. The van der Waals surface area contributed by atoms with Gasteiger partial charge in [0.15, 0.2) is 0 Å². The normalized spacial score (nSPS) is 12.8. The molecule has 2 N–H and O–H groups in total. The van der Waals surface area contributed by atoms with Gasteiger partial charge in [0, 0.05) is 24.9 Å². The van der Waals surface area contributed by atoms with Gasteiger partial charge >= 0.3 is 0 Å². The van der Waals surface area contributed by atoms with Crippen LogP contribution < -0.4 is 10.6 Å². The van der Waals surface area contributed by atoms with E-state index >= 15 is 0 Å². The first-order chi connectivity index (χ1) is 8.67. The van der Waals surface area contributed by atoms with Crippen molar-refractivity contribution in [3.63, 3.8) is 0 Å². The molecule has 0 aromatic heterocycles. The highest BCUT2D eigenvalue weighted by Crippen LogP contribution is 2.25. The Morgan fingerprint density at radius 2 is 2.05 bits per heavy atom. The molecule has 1 amide bonds. The summed E-state index contributed by atoms with van der Waals surface area (Å²) in [5, 5.41) is 6.04. The number of carbonyl (C=O) groups excluding carboxylic acids is 1. The third-order valence-electron chi connectivity index (χ3n) is 2.25. The first-order valence-corrected chi connectivity index (χ1v) is 8.12. The number of anilines is 2. The molecule has 0 saturated carbocycles. The molecule has 0 heterocycles.